The lowest BCUT2D eigenvalue weighted by Gasteiger charge is -2.29. The van der Waals surface area contributed by atoms with Gasteiger partial charge in [-0.1, -0.05) is 12.1 Å². The third kappa shape index (κ3) is 4.31. The largest absolute Gasteiger partial charge is 0.366 e. The molecule has 148 valence electrons. The van der Waals surface area contributed by atoms with Crippen molar-refractivity contribution in [2.45, 2.75) is 37.8 Å². The number of rotatable bonds is 5. The van der Waals surface area contributed by atoms with Gasteiger partial charge in [-0.2, -0.15) is 0 Å². The van der Waals surface area contributed by atoms with Crippen molar-refractivity contribution in [3.05, 3.63) is 48.4 Å². The number of anilines is 1. The number of aromatic nitrogens is 3. The van der Waals surface area contributed by atoms with Gasteiger partial charge in [-0.3, -0.25) is 0 Å². The molecule has 0 spiro atoms. The lowest BCUT2D eigenvalue weighted by molar-refractivity contribution is 0.387. The fourth-order valence-corrected chi connectivity index (χ4v) is 4.50. The van der Waals surface area contributed by atoms with Crippen molar-refractivity contribution >= 4 is 21.5 Å². The maximum Gasteiger partial charge on any atom is 0.208 e. The number of sulfonamides is 1. The Morgan fingerprint density at radius 3 is 2.57 bits per heavy atom. The van der Waals surface area contributed by atoms with E-state index in [1.807, 2.05) is 18.2 Å². The summed E-state index contributed by atoms with van der Waals surface area (Å²) in [5.74, 6) is 0.406. The number of benzene rings is 1. The average molecular weight is 403 g/mol. The Hall–Kier alpha value is -2.52. The number of fused-ring (bicyclic) bond motifs is 1. The van der Waals surface area contributed by atoms with Crippen LogP contribution in [0.25, 0.3) is 16.9 Å². The van der Waals surface area contributed by atoms with Crippen LogP contribution in [0.4, 0.5) is 10.2 Å². The Morgan fingerprint density at radius 2 is 1.86 bits per heavy atom. The highest BCUT2D eigenvalue weighted by Gasteiger charge is 2.23. The van der Waals surface area contributed by atoms with Crippen molar-refractivity contribution in [3.8, 4) is 11.3 Å². The van der Waals surface area contributed by atoms with E-state index in [-0.39, 0.29) is 17.9 Å². The van der Waals surface area contributed by atoms with E-state index in [0.29, 0.717) is 17.0 Å². The minimum Gasteiger partial charge on any atom is -0.366 e. The number of nitrogens with zero attached hydrogens (tertiary/aromatic N) is 3. The maximum atomic E-state index is 13.6. The van der Waals surface area contributed by atoms with Crippen LogP contribution in [0.2, 0.25) is 0 Å². The third-order valence-corrected chi connectivity index (χ3v) is 5.70. The Kier molecular flexibility index (Phi) is 5.03. The van der Waals surface area contributed by atoms with E-state index in [0.717, 1.165) is 31.4 Å². The first-order valence-electron chi connectivity index (χ1n) is 9.22. The highest BCUT2D eigenvalue weighted by molar-refractivity contribution is 7.88. The second-order valence-electron chi connectivity index (χ2n) is 7.23. The normalized spacial score (nSPS) is 20.4. The van der Waals surface area contributed by atoms with Gasteiger partial charge in [-0.05, 0) is 49.9 Å². The number of hydrogen-bond acceptors (Lipinski definition) is 5. The molecule has 0 amide bonds. The molecule has 28 heavy (non-hydrogen) atoms. The molecule has 2 heterocycles. The molecule has 3 aromatic rings. The highest BCUT2D eigenvalue weighted by Crippen LogP contribution is 2.24. The van der Waals surface area contributed by atoms with Crippen molar-refractivity contribution in [3.63, 3.8) is 0 Å². The summed E-state index contributed by atoms with van der Waals surface area (Å²) in [6, 6.07) is 10.3. The molecule has 7 nitrogen and oxygen atoms in total. The Bertz CT molecular complexity index is 1090. The Balaban J connectivity index is 1.49. The van der Waals surface area contributed by atoms with E-state index in [9.17, 15) is 12.8 Å². The second-order valence-corrected chi connectivity index (χ2v) is 9.01. The van der Waals surface area contributed by atoms with Crippen molar-refractivity contribution in [1.82, 2.24) is 19.3 Å². The van der Waals surface area contributed by atoms with Crippen LogP contribution in [-0.4, -0.2) is 41.4 Å². The van der Waals surface area contributed by atoms with Gasteiger partial charge in [0.2, 0.25) is 10.0 Å². The molecule has 0 saturated heterocycles. The van der Waals surface area contributed by atoms with Crippen molar-refractivity contribution < 1.29 is 12.8 Å². The summed E-state index contributed by atoms with van der Waals surface area (Å²) in [5.41, 5.74) is 2.12. The molecule has 1 aliphatic carbocycles. The van der Waals surface area contributed by atoms with Crippen molar-refractivity contribution in [2.24, 2.45) is 0 Å². The van der Waals surface area contributed by atoms with Crippen LogP contribution in [-0.2, 0) is 10.0 Å². The van der Waals surface area contributed by atoms with Crippen LogP contribution in [0, 0.1) is 5.82 Å². The molecule has 1 fully saturated rings. The van der Waals surface area contributed by atoms with Gasteiger partial charge in [0.05, 0.1) is 18.1 Å². The topological polar surface area (TPSA) is 88.4 Å². The van der Waals surface area contributed by atoms with E-state index in [4.69, 9.17) is 0 Å². The molecule has 0 aliphatic heterocycles. The van der Waals surface area contributed by atoms with Gasteiger partial charge in [0, 0.05) is 17.6 Å². The predicted molar refractivity (Wildman–Crippen MR) is 106 cm³/mol. The zero-order valence-corrected chi connectivity index (χ0v) is 16.3. The summed E-state index contributed by atoms with van der Waals surface area (Å²) >= 11 is 0. The molecule has 0 bridgehead atoms. The van der Waals surface area contributed by atoms with Crippen LogP contribution >= 0.6 is 0 Å². The van der Waals surface area contributed by atoms with Crippen LogP contribution in [0.5, 0.6) is 0 Å². The summed E-state index contributed by atoms with van der Waals surface area (Å²) in [6.45, 7) is 0. The molecule has 1 aliphatic rings. The molecular formula is C19H22FN5O2S. The maximum absolute atomic E-state index is 13.6. The van der Waals surface area contributed by atoms with E-state index in [1.54, 1.807) is 16.8 Å². The van der Waals surface area contributed by atoms with Gasteiger partial charge < -0.3 is 5.32 Å². The number of imidazole rings is 1. The first kappa shape index (κ1) is 18.8. The average Bonchev–Trinajstić information content (AvgIpc) is 3.05. The van der Waals surface area contributed by atoms with Crippen molar-refractivity contribution in [1.29, 1.82) is 0 Å². The standard InChI is InChI=1S/C19H22FN5O2S/c1-28(26,27)24-16-7-5-15(6-8-16)22-18-9-10-19-21-12-17(25(19)23-18)13-3-2-4-14(20)11-13/h2-4,9-12,15-16,24H,5-8H2,1H3,(H,22,23). The quantitative estimate of drug-likeness (QED) is 0.684. The van der Waals surface area contributed by atoms with E-state index in [2.05, 4.69) is 20.1 Å². The first-order valence-corrected chi connectivity index (χ1v) is 11.1. The Morgan fingerprint density at radius 1 is 1.11 bits per heavy atom. The lowest BCUT2D eigenvalue weighted by atomic mass is 9.92. The van der Waals surface area contributed by atoms with E-state index >= 15 is 0 Å². The summed E-state index contributed by atoms with van der Waals surface area (Å²) < 4.78 is 40.7. The predicted octanol–water partition coefficient (Wildman–Crippen LogP) is 2.81. The van der Waals surface area contributed by atoms with Gasteiger partial charge in [0.25, 0.3) is 0 Å². The minimum absolute atomic E-state index is 0.00304. The minimum atomic E-state index is -3.17. The highest BCUT2D eigenvalue weighted by atomic mass is 32.2. The second kappa shape index (κ2) is 7.48. The SMILES string of the molecule is CS(=O)(=O)NC1CCC(Nc2ccc3ncc(-c4cccc(F)c4)n3n2)CC1. The van der Waals surface area contributed by atoms with Crippen LogP contribution in [0.15, 0.2) is 42.6 Å². The molecule has 0 atom stereocenters. The molecule has 2 N–H and O–H groups in total. The van der Waals surface area contributed by atoms with Gasteiger partial charge in [-0.25, -0.2) is 27.0 Å². The van der Waals surface area contributed by atoms with Crippen molar-refractivity contribution in [2.75, 3.05) is 11.6 Å². The van der Waals surface area contributed by atoms with E-state index < -0.39 is 10.0 Å². The molecular weight excluding hydrogens is 381 g/mol. The monoisotopic (exact) mass is 403 g/mol. The summed E-state index contributed by atoms with van der Waals surface area (Å²) in [4.78, 5) is 4.34. The van der Waals surface area contributed by atoms with Gasteiger partial charge in [0.15, 0.2) is 5.65 Å². The van der Waals surface area contributed by atoms with Gasteiger partial charge in [0.1, 0.15) is 11.6 Å². The summed E-state index contributed by atoms with van der Waals surface area (Å²) in [5, 5.41) is 8.05. The molecule has 4 rings (SSSR count). The smallest absolute Gasteiger partial charge is 0.208 e. The molecule has 0 unspecified atom stereocenters. The molecule has 1 saturated carbocycles. The Labute approximate surface area is 163 Å². The number of nitrogens with one attached hydrogen (secondary N) is 2. The van der Waals surface area contributed by atoms with Gasteiger partial charge >= 0.3 is 0 Å². The lowest BCUT2D eigenvalue weighted by Crippen LogP contribution is -2.39. The fourth-order valence-electron chi connectivity index (χ4n) is 3.66. The van der Waals surface area contributed by atoms with Crippen LogP contribution in [0.3, 0.4) is 0 Å². The first-order chi connectivity index (χ1) is 13.4. The zero-order valence-electron chi connectivity index (χ0n) is 15.5. The molecule has 0 radical (unpaired) electrons. The molecule has 9 heteroatoms. The van der Waals surface area contributed by atoms with E-state index in [1.165, 1.54) is 18.4 Å². The van der Waals surface area contributed by atoms with Crippen LogP contribution < -0.4 is 10.0 Å². The van der Waals surface area contributed by atoms with Crippen LogP contribution in [0.1, 0.15) is 25.7 Å². The zero-order chi connectivity index (χ0) is 19.7. The fraction of sp³-hybridized carbons (Fsp3) is 0.368. The number of hydrogen-bond donors (Lipinski definition) is 2. The molecule has 1 aromatic carbocycles. The third-order valence-electron chi connectivity index (χ3n) is 4.94. The summed E-state index contributed by atoms with van der Waals surface area (Å²) in [7, 11) is -3.17. The molecule has 2 aromatic heterocycles. The van der Waals surface area contributed by atoms with Gasteiger partial charge in [-0.15, -0.1) is 5.10 Å². The number of halogens is 1. The summed E-state index contributed by atoms with van der Waals surface area (Å²) in [6.07, 6.45) is 6.15.